The van der Waals surface area contributed by atoms with Crippen LogP contribution in [0.2, 0.25) is 0 Å². The fourth-order valence-corrected chi connectivity index (χ4v) is 1.91. The van der Waals surface area contributed by atoms with E-state index in [4.69, 9.17) is 0 Å². The molecule has 90 valence electrons. The second-order valence-corrected chi connectivity index (χ2v) is 4.10. The Balaban J connectivity index is 2.05. The molecule has 0 aliphatic carbocycles. The Morgan fingerprint density at radius 1 is 1.29 bits per heavy atom. The van der Waals surface area contributed by atoms with Crippen LogP contribution < -0.4 is 5.32 Å². The average Bonchev–Trinajstić information content (AvgIpc) is 2.90. The second-order valence-electron chi connectivity index (χ2n) is 4.10. The molecule has 2 heterocycles. The number of H-pyrrole nitrogens is 1. The predicted molar refractivity (Wildman–Crippen MR) is 67.4 cm³/mol. The van der Waals surface area contributed by atoms with E-state index < -0.39 is 0 Å². The van der Waals surface area contributed by atoms with Crippen molar-refractivity contribution in [1.29, 1.82) is 0 Å². The van der Waals surface area contributed by atoms with Crippen LogP contribution in [0.15, 0.2) is 36.9 Å². The van der Waals surface area contributed by atoms with Gasteiger partial charge in [-0.05, 0) is 31.0 Å². The third-order valence-corrected chi connectivity index (χ3v) is 2.91. The first-order chi connectivity index (χ1) is 8.31. The molecule has 0 amide bonds. The van der Waals surface area contributed by atoms with Crippen molar-refractivity contribution in [3.05, 3.63) is 48.3 Å². The van der Waals surface area contributed by atoms with Gasteiger partial charge in [0, 0.05) is 30.8 Å². The second kappa shape index (κ2) is 5.59. The lowest BCUT2D eigenvalue weighted by molar-refractivity contribution is 0.441. The first-order valence-corrected chi connectivity index (χ1v) is 5.96. The lowest BCUT2D eigenvalue weighted by Gasteiger charge is -2.20. The van der Waals surface area contributed by atoms with Gasteiger partial charge in [0.05, 0.1) is 6.04 Å². The zero-order chi connectivity index (χ0) is 12.1. The molecule has 2 atom stereocenters. The van der Waals surface area contributed by atoms with Crippen LogP contribution in [0.25, 0.3) is 0 Å². The summed E-state index contributed by atoms with van der Waals surface area (Å²) >= 11 is 0. The first-order valence-electron chi connectivity index (χ1n) is 5.96. The summed E-state index contributed by atoms with van der Waals surface area (Å²) in [6.07, 6.45) is 8.29. The van der Waals surface area contributed by atoms with Gasteiger partial charge in [0.2, 0.25) is 0 Å². The van der Waals surface area contributed by atoms with Gasteiger partial charge in [-0.25, -0.2) is 4.98 Å². The highest BCUT2D eigenvalue weighted by Gasteiger charge is 2.15. The van der Waals surface area contributed by atoms with Crippen molar-refractivity contribution in [3.8, 4) is 0 Å². The maximum absolute atomic E-state index is 4.30. The molecule has 0 fully saturated rings. The van der Waals surface area contributed by atoms with Gasteiger partial charge in [-0.15, -0.1) is 0 Å². The number of hydrogen-bond acceptors (Lipinski definition) is 3. The quantitative estimate of drug-likeness (QED) is 0.830. The van der Waals surface area contributed by atoms with E-state index in [0.29, 0.717) is 0 Å². The Morgan fingerprint density at radius 2 is 2.06 bits per heavy atom. The average molecular weight is 230 g/mol. The van der Waals surface area contributed by atoms with Gasteiger partial charge >= 0.3 is 0 Å². The fourth-order valence-electron chi connectivity index (χ4n) is 1.91. The molecule has 2 N–H and O–H groups in total. The van der Waals surface area contributed by atoms with Crippen molar-refractivity contribution in [1.82, 2.24) is 20.3 Å². The summed E-state index contributed by atoms with van der Waals surface area (Å²) in [6, 6.07) is 4.61. The topological polar surface area (TPSA) is 53.6 Å². The number of rotatable bonds is 5. The molecule has 0 aromatic carbocycles. The van der Waals surface area contributed by atoms with Gasteiger partial charge in [0.15, 0.2) is 0 Å². The van der Waals surface area contributed by atoms with E-state index in [1.54, 1.807) is 6.20 Å². The monoisotopic (exact) mass is 230 g/mol. The Kier molecular flexibility index (Phi) is 3.88. The highest BCUT2D eigenvalue weighted by molar-refractivity contribution is 5.14. The molecule has 2 rings (SSSR count). The highest BCUT2D eigenvalue weighted by atomic mass is 15.0. The van der Waals surface area contributed by atoms with Crippen LogP contribution in [0.5, 0.6) is 0 Å². The van der Waals surface area contributed by atoms with E-state index in [1.165, 1.54) is 5.56 Å². The van der Waals surface area contributed by atoms with Gasteiger partial charge in [0.25, 0.3) is 0 Å². The number of nitrogens with one attached hydrogen (secondary N) is 2. The third kappa shape index (κ3) is 2.91. The van der Waals surface area contributed by atoms with E-state index in [-0.39, 0.29) is 12.1 Å². The van der Waals surface area contributed by atoms with E-state index in [1.807, 2.05) is 30.7 Å². The van der Waals surface area contributed by atoms with Gasteiger partial charge in [-0.3, -0.25) is 4.98 Å². The Hall–Kier alpha value is -1.68. The van der Waals surface area contributed by atoms with Gasteiger partial charge in [-0.1, -0.05) is 6.92 Å². The van der Waals surface area contributed by atoms with Crippen LogP contribution in [0.3, 0.4) is 0 Å². The van der Waals surface area contributed by atoms with Crippen molar-refractivity contribution in [2.75, 3.05) is 0 Å². The van der Waals surface area contributed by atoms with Crippen LogP contribution in [0, 0.1) is 0 Å². The zero-order valence-corrected chi connectivity index (χ0v) is 10.2. The maximum atomic E-state index is 4.30. The summed E-state index contributed by atoms with van der Waals surface area (Å²) in [5.41, 5.74) is 1.24. The predicted octanol–water partition coefficient (Wildman–Crippen LogP) is 2.61. The van der Waals surface area contributed by atoms with Crippen molar-refractivity contribution < 1.29 is 0 Å². The molecule has 4 nitrogen and oxygen atoms in total. The SMILES string of the molecule is CCC(NC(C)c1ccncc1)c1ncc[nH]1. The molecule has 0 bridgehead atoms. The van der Waals surface area contributed by atoms with Crippen molar-refractivity contribution in [2.24, 2.45) is 0 Å². The standard InChI is InChI=1S/C13H18N4/c1-3-12(13-15-8-9-16-13)17-10(2)11-4-6-14-7-5-11/h4-10,12,17H,3H2,1-2H3,(H,15,16). The minimum Gasteiger partial charge on any atom is -0.347 e. The van der Waals surface area contributed by atoms with Crippen LogP contribution in [0.1, 0.15) is 43.7 Å². The Morgan fingerprint density at radius 3 is 2.65 bits per heavy atom. The molecule has 0 saturated carbocycles. The molecule has 4 heteroatoms. The number of aromatic amines is 1. The van der Waals surface area contributed by atoms with Crippen LogP contribution in [-0.4, -0.2) is 15.0 Å². The summed E-state index contributed by atoms with van der Waals surface area (Å²) in [4.78, 5) is 11.5. The largest absolute Gasteiger partial charge is 0.347 e. The van der Waals surface area contributed by atoms with Gasteiger partial charge in [0.1, 0.15) is 5.82 Å². The molecule has 2 unspecified atom stereocenters. The van der Waals surface area contributed by atoms with Crippen molar-refractivity contribution in [2.45, 2.75) is 32.4 Å². The molecule has 2 aromatic heterocycles. The normalized spacial score (nSPS) is 14.5. The lowest BCUT2D eigenvalue weighted by Crippen LogP contribution is -2.25. The molecule has 0 spiro atoms. The van der Waals surface area contributed by atoms with E-state index in [0.717, 1.165) is 12.2 Å². The Labute approximate surface area is 102 Å². The van der Waals surface area contributed by atoms with Gasteiger partial charge < -0.3 is 10.3 Å². The number of hydrogen-bond donors (Lipinski definition) is 2. The number of aromatic nitrogens is 3. The molecular formula is C13H18N4. The molecule has 0 radical (unpaired) electrons. The highest BCUT2D eigenvalue weighted by Crippen LogP contribution is 2.18. The molecule has 17 heavy (non-hydrogen) atoms. The van der Waals surface area contributed by atoms with Gasteiger partial charge in [-0.2, -0.15) is 0 Å². The first kappa shape index (κ1) is 11.8. The summed E-state index contributed by atoms with van der Waals surface area (Å²) in [7, 11) is 0. The van der Waals surface area contributed by atoms with Crippen LogP contribution in [-0.2, 0) is 0 Å². The van der Waals surface area contributed by atoms with Crippen molar-refractivity contribution in [3.63, 3.8) is 0 Å². The van der Waals surface area contributed by atoms with Crippen LogP contribution >= 0.6 is 0 Å². The Bertz CT molecular complexity index is 424. The summed E-state index contributed by atoms with van der Waals surface area (Å²) in [5.74, 6) is 0.994. The van der Waals surface area contributed by atoms with E-state index in [9.17, 15) is 0 Å². The summed E-state index contributed by atoms with van der Waals surface area (Å²) in [5, 5.41) is 3.56. The fraction of sp³-hybridized carbons (Fsp3) is 0.385. The number of nitrogens with zero attached hydrogens (tertiary/aromatic N) is 2. The number of pyridine rings is 1. The minimum absolute atomic E-state index is 0.258. The molecule has 0 aliphatic rings. The van der Waals surface area contributed by atoms with Crippen LogP contribution in [0.4, 0.5) is 0 Å². The molecule has 0 saturated heterocycles. The minimum atomic E-state index is 0.258. The van der Waals surface area contributed by atoms with Crippen molar-refractivity contribution >= 4 is 0 Å². The van der Waals surface area contributed by atoms with E-state index in [2.05, 4.69) is 34.1 Å². The summed E-state index contributed by atoms with van der Waals surface area (Å²) < 4.78 is 0. The molecule has 2 aromatic rings. The van der Waals surface area contributed by atoms with E-state index >= 15 is 0 Å². The zero-order valence-electron chi connectivity index (χ0n) is 10.2. The smallest absolute Gasteiger partial charge is 0.123 e. The number of imidazole rings is 1. The third-order valence-electron chi connectivity index (χ3n) is 2.91. The molecular weight excluding hydrogens is 212 g/mol. The maximum Gasteiger partial charge on any atom is 0.123 e. The summed E-state index contributed by atoms with van der Waals surface area (Å²) in [6.45, 7) is 4.31. The molecule has 0 aliphatic heterocycles. The lowest BCUT2D eigenvalue weighted by atomic mass is 10.1.